The van der Waals surface area contributed by atoms with Gasteiger partial charge < -0.3 is 14.5 Å². The van der Waals surface area contributed by atoms with Crippen molar-refractivity contribution >= 4 is 26.8 Å². The topological polar surface area (TPSA) is 46.4 Å². The highest BCUT2D eigenvalue weighted by Gasteiger charge is 2.24. The summed E-state index contributed by atoms with van der Waals surface area (Å²) in [6, 6.07) is 0. The van der Waals surface area contributed by atoms with Crippen molar-refractivity contribution in [1.29, 1.82) is 0 Å². The van der Waals surface area contributed by atoms with E-state index in [2.05, 4.69) is 28.9 Å². The molecule has 1 fully saturated rings. The van der Waals surface area contributed by atoms with E-state index in [1.54, 1.807) is 18.4 Å². The number of likely N-dealkylation sites (tertiary alicyclic amines) is 1. The smallest absolute Gasteiger partial charge is 0.187 e. The largest absolute Gasteiger partial charge is 0.383 e. The Morgan fingerprint density at radius 1 is 1.45 bits per heavy atom. The van der Waals surface area contributed by atoms with E-state index in [9.17, 15) is 0 Å². The normalized spacial score (nSPS) is 19.4. The molecule has 0 aromatic carbocycles. The van der Waals surface area contributed by atoms with Crippen LogP contribution in [-0.4, -0.2) is 66.6 Å². The fraction of sp³-hybridized carbons (Fsp3) is 0.733. The molecule has 0 spiro atoms. The minimum atomic E-state index is 0.716. The van der Waals surface area contributed by atoms with Crippen molar-refractivity contribution in [3.05, 3.63) is 5.69 Å². The van der Waals surface area contributed by atoms with Gasteiger partial charge in [-0.05, 0) is 25.8 Å². The zero-order chi connectivity index (χ0) is 15.7. The molecule has 2 aromatic heterocycles. The molecule has 0 bridgehead atoms. The van der Waals surface area contributed by atoms with Gasteiger partial charge in [0.15, 0.2) is 10.8 Å². The molecule has 0 saturated carbocycles. The van der Waals surface area contributed by atoms with Crippen LogP contribution in [0.1, 0.15) is 12.1 Å². The lowest BCUT2D eigenvalue weighted by Crippen LogP contribution is -2.29. The monoisotopic (exact) mass is 323 g/mol. The maximum absolute atomic E-state index is 5.17. The predicted octanol–water partition coefficient (Wildman–Crippen LogP) is 1.74. The van der Waals surface area contributed by atoms with Crippen LogP contribution in [0.25, 0.3) is 10.3 Å². The van der Waals surface area contributed by atoms with E-state index in [4.69, 9.17) is 9.72 Å². The standard InChI is InChI=1S/C15H25N5OS/c1-11-13-14(19(3)17-11)16-15(22-13)18(2)9-12-5-6-20(10-12)7-8-21-4/h12H,5-10H2,1-4H3. The van der Waals surface area contributed by atoms with E-state index < -0.39 is 0 Å². The number of aromatic nitrogens is 3. The number of fused-ring (bicyclic) bond motifs is 1. The summed E-state index contributed by atoms with van der Waals surface area (Å²) in [5.74, 6) is 0.716. The van der Waals surface area contributed by atoms with E-state index in [-0.39, 0.29) is 0 Å². The molecule has 22 heavy (non-hydrogen) atoms. The highest BCUT2D eigenvalue weighted by atomic mass is 32.1. The Morgan fingerprint density at radius 2 is 2.27 bits per heavy atom. The van der Waals surface area contributed by atoms with Gasteiger partial charge in [-0.25, -0.2) is 9.67 Å². The van der Waals surface area contributed by atoms with Crippen LogP contribution >= 0.6 is 11.3 Å². The van der Waals surface area contributed by atoms with Crippen LogP contribution in [-0.2, 0) is 11.8 Å². The van der Waals surface area contributed by atoms with Crippen molar-refractivity contribution in [2.24, 2.45) is 13.0 Å². The molecular weight excluding hydrogens is 298 g/mol. The number of anilines is 1. The number of hydrogen-bond donors (Lipinski definition) is 0. The van der Waals surface area contributed by atoms with Gasteiger partial charge in [-0.1, -0.05) is 11.3 Å². The highest BCUT2D eigenvalue weighted by molar-refractivity contribution is 7.22. The number of hydrogen-bond acceptors (Lipinski definition) is 6. The Labute approximate surface area is 135 Å². The number of aryl methyl sites for hydroxylation is 2. The predicted molar refractivity (Wildman–Crippen MR) is 90.8 cm³/mol. The molecule has 3 heterocycles. The van der Waals surface area contributed by atoms with Gasteiger partial charge in [-0.3, -0.25) is 0 Å². The van der Waals surface area contributed by atoms with Gasteiger partial charge in [0.2, 0.25) is 0 Å². The number of nitrogens with zero attached hydrogens (tertiary/aromatic N) is 5. The Balaban J connectivity index is 1.61. The van der Waals surface area contributed by atoms with Gasteiger partial charge in [0.05, 0.1) is 17.0 Å². The zero-order valence-electron chi connectivity index (χ0n) is 13.9. The van der Waals surface area contributed by atoms with Gasteiger partial charge >= 0.3 is 0 Å². The summed E-state index contributed by atoms with van der Waals surface area (Å²) in [7, 11) is 5.88. The second kappa shape index (κ2) is 6.52. The molecule has 1 unspecified atom stereocenters. The van der Waals surface area contributed by atoms with Crippen LogP contribution in [0.4, 0.5) is 5.13 Å². The Kier molecular flexibility index (Phi) is 4.65. The van der Waals surface area contributed by atoms with E-state index in [0.717, 1.165) is 36.2 Å². The van der Waals surface area contributed by atoms with Crippen LogP contribution in [0.2, 0.25) is 0 Å². The number of ether oxygens (including phenoxy) is 1. The van der Waals surface area contributed by atoms with Crippen molar-refractivity contribution in [1.82, 2.24) is 19.7 Å². The number of rotatable bonds is 6. The van der Waals surface area contributed by atoms with Crippen LogP contribution in [0, 0.1) is 12.8 Å². The van der Waals surface area contributed by atoms with Crippen LogP contribution in [0.15, 0.2) is 0 Å². The fourth-order valence-corrected chi connectivity index (χ4v) is 4.19. The summed E-state index contributed by atoms with van der Waals surface area (Å²) in [5, 5.41) is 5.52. The minimum absolute atomic E-state index is 0.716. The van der Waals surface area contributed by atoms with Crippen molar-refractivity contribution in [2.75, 3.05) is 51.8 Å². The van der Waals surface area contributed by atoms with Gasteiger partial charge in [0, 0.05) is 40.8 Å². The molecule has 3 rings (SSSR count). The molecule has 2 aromatic rings. The Hall–Kier alpha value is -1.18. The molecule has 122 valence electrons. The third-order valence-corrected chi connectivity index (χ3v) is 5.64. The Morgan fingerprint density at radius 3 is 3.00 bits per heavy atom. The minimum Gasteiger partial charge on any atom is -0.383 e. The Bertz CT molecular complexity index is 603. The molecule has 1 atom stereocenters. The average Bonchev–Trinajstić information content (AvgIpc) is 3.16. The fourth-order valence-electron chi connectivity index (χ4n) is 3.19. The second-order valence-electron chi connectivity index (χ2n) is 6.19. The van der Waals surface area contributed by atoms with Crippen molar-refractivity contribution in [3.63, 3.8) is 0 Å². The number of thiazole rings is 1. The first-order valence-corrected chi connectivity index (χ1v) is 8.62. The van der Waals surface area contributed by atoms with Gasteiger partial charge in [-0.15, -0.1) is 0 Å². The van der Waals surface area contributed by atoms with E-state index >= 15 is 0 Å². The zero-order valence-corrected chi connectivity index (χ0v) is 14.7. The van der Waals surface area contributed by atoms with E-state index in [1.165, 1.54) is 24.2 Å². The molecular formula is C15H25N5OS. The van der Waals surface area contributed by atoms with Crippen molar-refractivity contribution in [2.45, 2.75) is 13.3 Å². The lowest BCUT2D eigenvalue weighted by Gasteiger charge is -2.21. The van der Waals surface area contributed by atoms with Crippen LogP contribution in [0.5, 0.6) is 0 Å². The first kappa shape index (κ1) is 15.7. The lowest BCUT2D eigenvalue weighted by atomic mass is 10.1. The average molecular weight is 323 g/mol. The second-order valence-corrected chi connectivity index (χ2v) is 7.16. The summed E-state index contributed by atoms with van der Waals surface area (Å²) < 4.78 is 8.25. The first-order valence-electron chi connectivity index (χ1n) is 7.81. The first-order chi connectivity index (χ1) is 10.6. The molecule has 6 nitrogen and oxygen atoms in total. The molecule has 7 heteroatoms. The summed E-state index contributed by atoms with van der Waals surface area (Å²) in [5.41, 5.74) is 2.07. The molecule has 0 amide bonds. The lowest BCUT2D eigenvalue weighted by molar-refractivity contribution is 0.159. The summed E-state index contributed by atoms with van der Waals surface area (Å²) >= 11 is 1.75. The van der Waals surface area contributed by atoms with Crippen molar-refractivity contribution < 1.29 is 4.74 Å². The SMILES string of the molecule is COCCN1CCC(CN(C)c2nc3c(s2)c(C)nn3C)C1. The third-order valence-electron chi connectivity index (χ3n) is 4.37. The van der Waals surface area contributed by atoms with Crippen LogP contribution < -0.4 is 4.90 Å². The molecule has 1 saturated heterocycles. The third kappa shape index (κ3) is 3.11. The number of methoxy groups -OCH3 is 1. The summed E-state index contributed by atoms with van der Waals surface area (Å²) in [6.45, 7) is 7.34. The molecule has 1 aliphatic rings. The maximum Gasteiger partial charge on any atom is 0.187 e. The van der Waals surface area contributed by atoms with Gasteiger partial charge in [0.25, 0.3) is 0 Å². The van der Waals surface area contributed by atoms with Gasteiger partial charge in [-0.2, -0.15) is 5.10 Å². The maximum atomic E-state index is 5.17. The highest BCUT2D eigenvalue weighted by Crippen LogP contribution is 2.31. The quantitative estimate of drug-likeness (QED) is 0.810. The molecule has 0 N–H and O–H groups in total. The van der Waals surface area contributed by atoms with E-state index in [0.29, 0.717) is 5.92 Å². The molecule has 0 aliphatic carbocycles. The van der Waals surface area contributed by atoms with Gasteiger partial charge in [0.1, 0.15) is 0 Å². The summed E-state index contributed by atoms with van der Waals surface area (Å²) in [6.07, 6.45) is 1.26. The molecule has 1 aliphatic heterocycles. The van der Waals surface area contributed by atoms with E-state index in [1.807, 2.05) is 11.7 Å². The van der Waals surface area contributed by atoms with Crippen LogP contribution in [0.3, 0.4) is 0 Å². The molecule has 0 radical (unpaired) electrons. The van der Waals surface area contributed by atoms with Crippen molar-refractivity contribution in [3.8, 4) is 0 Å². The summed E-state index contributed by atoms with van der Waals surface area (Å²) in [4.78, 5) is 9.55.